The average molecular weight is 1970 g/mol. The Hall–Kier alpha value is -9.86. The summed E-state index contributed by atoms with van der Waals surface area (Å²) in [6, 6.07) is 35.1. The number of carboxylic acids is 1. The zero-order valence-electron chi connectivity index (χ0n) is 75.9. The monoisotopic (exact) mass is 1970 g/mol. The summed E-state index contributed by atoms with van der Waals surface area (Å²) in [6.45, 7) is 13.7. The summed E-state index contributed by atoms with van der Waals surface area (Å²) < 4.78 is 57.3. The number of halogens is 7. The molecule has 1 unspecified atom stereocenters. The predicted octanol–water partition coefficient (Wildman–Crippen LogP) is 12.3. The van der Waals surface area contributed by atoms with Crippen molar-refractivity contribution in [3.05, 3.63) is 218 Å². The van der Waals surface area contributed by atoms with Crippen LogP contribution in [-0.4, -0.2) is 261 Å². The zero-order valence-corrected chi connectivity index (χ0v) is 82.8. The van der Waals surface area contributed by atoms with Gasteiger partial charge in [0.2, 0.25) is 17.6 Å². The fourth-order valence-electron chi connectivity index (χ4n) is 12.4. The minimum atomic E-state index is -3.92. The van der Waals surface area contributed by atoms with E-state index in [1.54, 1.807) is 168 Å². The SMILES string of the molecule is Brc1ccccn1.CCOC(=O)C(=O)c1ccccn1.CN(C)C(=O)c1ccc(OCCCCC2CCN(C(=O)C(=O)c3ccccn3)CC2)nc1Cl.CN(C)C(=O)c1ccc(OCCCCC2CCN(C(=O)C(C)(O)c3ccccn3)CC2)nc1Cl.CN(C)C(=O)c1ccc(OCCCCC2CCNCC2)nc1Cl.C[Si](C)(C)C(F)(F)F.O=C(O)C(=O)c1ccccn1.[Na+].[OH-]. The summed E-state index contributed by atoms with van der Waals surface area (Å²) in [5.41, 5.74) is 0.123. The van der Waals surface area contributed by atoms with Gasteiger partial charge >= 0.3 is 47.3 Å². The largest absolute Gasteiger partial charge is 1.00 e. The van der Waals surface area contributed by atoms with Crippen LogP contribution in [0.1, 0.15) is 178 Å². The third-order valence-electron chi connectivity index (χ3n) is 20.0. The number of alkyl halides is 3. The maximum Gasteiger partial charge on any atom is 1.00 e. The molecule has 4 N–H and O–H groups in total. The summed E-state index contributed by atoms with van der Waals surface area (Å²) in [7, 11) is 7.16. The summed E-state index contributed by atoms with van der Waals surface area (Å²) in [5.74, 6) is -6.58. The first-order valence-corrected chi connectivity index (χ1v) is 47.5. The van der Waals surface area contributed by atoms with Crippen molar-refractivity contribution in [2.75, 3.05) is 108 Å². The number of carboxylic acid groups (broad SMARTS) is 1. The van der Waals surface area contributed by atoms with Crippen molar-refractivity contribution in [2.24, 2.45) is 17.8 Å². The Labute approximate surface area is 809 Å². The Morgan fingerprint density at radius 2 is 0.824 bits per heavy atom. The molecular weight excluding hydrogens is 1860 g/mol. The van der Waals surface area contributed by atoms with Gasteiger partial charge in [0, 0.05) is 118 Å². The maximum absolute atomic E-state index is 12.9. The van der Waals surface area contributed by atoms with Crippen LogP contribution in [0.3, 0.4) is 0 Å². The number of nitrogens with one attached hydrogen (secondary N) is 1. The Morgan fingerprint density at radius 1 is 0.489 bits per heavy atom. The Balaban J connectivity index is 0.000000421. The number of aliphatic hydroxyl groups is 1. The Morgan fingerprint density at radius 3 is 1.12 bits per heavy atom. The maximum atomic E-state index is 12.9. The van der Waals surface area contributed by atoms with Crippen LogP contribution in [0.15, 0.2) is 163 Å². The molecule has 3 saturated heterocycles. The van der Waals surface area contributed by atoms with Gasteiger partial charge in [-0.05, 0) is 217 Å². The Bertz CT molecular complexity index is 4830. The summed E-state index contributed by atoms with van der Waals surface area (Å²) in [5, 5.41) is 22.8. The second-order valence-corrected chi connectivity index (χ2v) is 38.6. The van der Waals surface area contributed by atoms with E-state index in [-0.39, 0.29) is 97.8 Å². The van der Waals surface area contributed by atoms with E-state index in [9.17, 15) is 66.2 Å². The first kappa shape index (κ1) is 115. The van der Waals surface area contributed by atoms with Crippen LogP contribution in [0.5, 0.6) is 17.6 Å². The fourth-order valence-corrected chi connectivity index (χ4v) is 13.4. The normalized spacial score (nSPS) is 13.5. The second-order valence-electron chi connectivity index (χ2n) is 31.6. The van der Waals surface area contributed by atoms with Crippen LogP contribution in [-0.2, 0) is 29.5 Å². The Kier molecular flexibility index (Phi) is 53.1. The molecule has 0 aliphatic carbocycles. The number of ether oxygens (including phenoxy) is 4. The molecular formula is C91H116BrCl3F3N14NaO17Si. The van der Waals surface area contributed by atoms with Crippen LogP contribution in [0.4, 0.5) is 13.2 Å². The number of hydrogen-bond donors (Lipinski definition) is 3. The van der Waals surface area contributed by atoms with Crippen molar-refractivity contribution in [2.45, 2.75) is 141 Å². The van der Waals surface area contributed by atoms with E-state index < -0.39 is 54.7 Å². The molecule has 0 radical (unpaired) electrons. The number of carbonyl (C=O) groups is 10. The smallest absolute Gasteiger partial charge is 0.870 e. The van der Waals surface area contributed by atoms with Gasteiger partial charge in [0.15, 0.2) is 13.7 Å². The van der Waals surface area contributed by atoms with E-state index in [4.69, 9.17) is 54.1 Å². The van der Waals surface area contributed by atoms with Crippen LogP contribution >= 0.6 is 50.7 Å². The van der Waals surface area contributed by atoms with Crippen molar-refractivity contribution >= 4 is 118 Å². The van der Waals surface area contributed by atoms with E-state index in [2.05, 4.69) is 65.9 Å². The van der Waals surface area contributed by atoms with Gasteiger partial charge in [-0.25, -0.2) is 29.5 Å². The predicted molar refractivity (Wildman–Crippen MR) is 491 cm³/mol. The van der Waals surface area contributed by atoms with Crippen molar-refractivity contribution < 1.29 is 125 Å². The zero-order chi connectivity index (χ0) is 95.2. The molecule has 3 aliphatic rings. The minimum absolute atomic E-state index is 0. The molecule has 0 aromatic carbocycles. The van der Waals surface area contributed by atoms with Crippen molar-refractivity contribution in [1.82, 2.24) is 69.7 Å². The number of Topliss-reactive ketones (excluding diaryl/α,β-unsaturated/α-hetero) is 3. The quantitative estimate of drug-likeness (QED) is 0.00940. The molecule has 11 rings (SSSR count). The second kappa shape index (κ2) is 60.3. The summed E-state index contributed by atoms with van der Waals surface area (Å²) in [4.78, 5) is 156. The van der Waals surface area contributed by atoms with Gasteiger partial charge in [-0.2, -0.15) is 13.2 Å². The first-order valence-electron chi connectivity index (χ1n) is 42.1. The van der Waals surface area contributed by atoms with Gasteiger partial charge in [0.1, 0.15) is 37.1 Å². The molecule has 0 saturated carbocycles. The standard InChI is InChI=1S/C25H33ClN4O4.C24H29ClN4O4.C17H26ClN3O2.C9H9NO3.C7H5NO3.C5H4BrN.C4H9F3Si.Na.H2O/c1-25(33,20-9-4-6-14-27-20)24(32)30-15-12-18(13-16-30)8-5-7-17-34-21-11-10-19(22(26)28-21)23(31)29(2)3;1-28(2)23(31)18-9-10-20(27-22(18)25)33-16-6-4-7-17-11-14-29(15-12-17)24(32)21(30)19-8-3-5-13-26-19;1-21(2)17(22)14-6-7-15(20-16(14)18)23-12-4-3-5-13-8-10-19-11-9-13;1-2-13-9(12)8(11)7-5-3-4-6-10-7;9-6(7(10)11)5-3-1-2-4-8-5;6-5-3-1-2-4-7-5;1-8(2,3)4(5,6)7;;/h4,6,9-11,14,18,33H,5,7-8,12-13,15-17H2,1-3H3;3,5,8-10,13,17H,4,6-7,11-12,14-16H2,1-2H3;6-7,13,19H,3-5,8-12H2,1-2H3;3-6H,2H2,1H3;1-4H,(H,10,11);1-4H;1-3H3;;1H2/q;;;;;;;+1;/p-1. The number of pyridine rings is 8. The number of unbranched alkanes of at least 4 members (excludes halogenated alkanes) is 3. The number of hydrogen-bond acceptors (Lipinski definition) is 25. The van der Waals surface area contributed by atoms with E-state index in [1.807, 2.05) is 18.2 Å². The molecule has 0 bridgehead atoms. The third-order valence-corrected chi connectivity index (χ3v) is 23.0. The van der Waals surface area contributed by atoms with Crippen molar-refractivity contribution in [3.63, 3.8) is 0 Å². The molecule has 8 aromatic rings. The molecule has 31 nitrogen and oxygen atoms in total. The molecule has 706 valence electrons. The van der Waals surface area contributed by atoms with Crippen LogP contribution in [0.2, 0.25) is 35.1 Å². The molecule has 40 heteroatoms. The summed E-state index contributed by atoms with van der Waals surface area (Å²) >= 11 is 21.5. The van der Waals surface area contributed by atoms with Crippen LogP contribution < -0.4 is 49.1 Å². The molecule has 5 amide bonds. The number of esters is 1. The number of aromatic nitrogens is 8. The van der Waals surface area contributed by atoms with E-state index in [0.717, 1.165) is 94.2 Å². The molecule has 3 fully saturated rings. The van der Waals surface area contributed by atoms with E-state index >= 15 is 0 Å². The van der Waals surface area contributed by atoms with Gasteiger partial charge in [-0.3, -0.25) is 58.3 Å². The fraction of sp³-hybridized carbons (Fsp3) is 0.451. The summed E-state index contributed by atoms with van der Waals surface area (Å²) in [6.07, 6.45) is 23.2. The number of amides is 5. The molecule has 11 heterocycles. The molecule has 8 aromatic heterocycles. The molecule has 131 heavy (non-hydrogen) atoms. The minimum Gasteiger partial charge on any atom is -0.870 e. The first-order chi connectivity index (χ1) is 61.2. The number of aliphatic carboxylic acids is 1. The van der Waals surface area contributed by atoms with E-state index in [0.29, 0.717) is 97.9 Å². The number of nitrogens with zero attached hydrogens (tertiary/aromatic N) is 13. The number of ketones is 3. The van der Waals surface area contributed by atoms with Gasteiger partial charge in [0.25, 0.3) is 46.9 Å². The van der Waals surface area contributed by atoms with E-state index in [1.165, 1.54) is 97.7 Å². The van der Waals surface area contributed by atoms with Gasteiger partial charge in [-0.1, -0.05) is 104 Å². The number of piperidine rings is 3. The van der Waals surface area contributed by atoms with Crippen LogP contribution in [0.25, 0.3) is 0 Å². The molecule has 1 atom stereocenters. The van der Waals surface area contributed by atoms with Gasteiger partial charge in [0.05, 0.1) is 48.8 Å². The molecule has 3 aliphatic heterocycles. The molecule has 0 spiro atoms. The van der Waals surface area contributed by atoms with Crippen molar-refractivity contribution in [3.8, 4) is 17.6 Å². The number of carbonyl (C=O) groups excluding carboxylic acids is 9. The van der Waals surface area contributed by atoms with Crippen LogP contribution in [0, 0.1) is 17.8 Å². The topological polar surface area (TPSA) is 409 Å². The third kappa shape index (κ3) is 41.4. The number of rotatable bonds is 30. The van der Waals surface area contributed by atoms with Gasteiger partial charge < -0.3 is 64.5 Å². The van der Waals surface area contributed by atoms with Gasteiger partial charge in [-0.15, -0.1) is 0 Å². The van der Waals surface area contributed by atoms with Crippen molar-refractivity contribution in [1.29, 1.82) is 0 Å². The number of likely N-dealkylation sites (tertiary alicyclic amines) is 2. The average Bonchev–Trinajstić information content (AvgIpc) is 0.802.